The number of aryl methyl sites for hydroxylation is 1. The van der Waals surface area contributed by atoms with Crippen LogP contribution in [-0.2, 0) is 19.0 Å². The van der Waals surface area contributed by atoms with Gasteiger partial charge in [-0.05, 0) is 76.0 Å². The molecule has 1 saturated carbocycles. The van der Waals surface area contributed by atoms with Crippen LogP contribution in [0.5, 0.6) is 0 Å². The Hall–Kier alpha value is -3.21. The van der Waals surface area contributed by atoms with Gasteiger partial charge < -0.3 is 19.5 Å². The van der Waals surface area contributed by atoms with E-state index >= 15 is 0 Å². The molecule has 5 atom stereocenters. The first kappa shape index (κ1) is 28.4. The highest BCUT2D eigenvalue weighted by atomic mass is 16.6. The summed E-state index contributed by atoms with van der Waals surface area (Å²) in [6, 6.07) is 5.16. The Labute approximate surface area is 220 Å². The van der Waals surface area contributed by atoms with Crippen molar-refractivity contribution in [3.8, 4) is 23.5 Å². The van der Waals surface area contributed by atoms with Gasteiger partial charge >= 0.3 is 18.2 Å². The van der Waals surface area contributed by atoms with E-state index in [1.807, 2.05) is 13.8 Å². The van der Waals surface area contributed by atoms with E-state index in [4.69, 9.17) is 20.6 Å². The van der Waals surface area contributed by atoms with Crippen LogP contribution in [0.3, 0.4) is 0 Å². The van der Waals surface area contributed by atoms with E-state index in [0.717, 1.165) is 12.8 Å². The fraction of sp³-hybridized carbons (Fsp3) is 0.621. The van der Waals surface area contributed by atoms with Crippen molar-refractivity contribution in [1.82, 2.24) is 10.2 Å². The number of carbonyl (C=O) groups is 3. The Balaban J connectivity index is 0.000000458. The fourth-order valence-corrected chi connectivity index (χ4v) is 5.26. The van der Waals surface area contributed by atoms with Gasteiger partial charge in [0.15, 0.2) is 0 Å². The molecule has 1 saturated heterocycles. The zero-order valence-corrected chi connectivity index (χ0v) is 23.0. The van der Waals surface area contributed by atoms with Gasteiger partial charge in [-0.25, -0.2) is 14.4 Å². The maximum absolute atomic E-state index is 12.9. The standard InChI is InChI=1S/C22H34N2O6.C7H6/c1-8-14-12-15-16(24(14)21(27)28-7)10-9-11-17(15)29-19(25)18(13(2)3)23-20(26)30-22(4,5)6;1-5-4-6-2-3-7(5)6/h1,13-18H,9-12H2,2-7H3,(H,23,26);2-4H,1H3/t14?,15-,16-,17+,18?;/m1./s1. The molecule has 1 heterocycles. The van der Waals surface area contributed by atoms with E-state index < -0.39 is 29.8 Å². The number of carbonyl (C=O) groups excluding carboxylic acids is 3. The molecular formula is C29H40N2O6. The first-order valence-corrected chi connectivity index (χ1v) is 13.0. The summed E-state index contributed by atoms with van der Waals surface area (Å²) in [6.07, 6.45) is 6.99. The number of rotatable bonds is 4. The lowest BCUT2D eigenvalue weighted by molar-refractivity contribution is -0.158. The van der Waals surface area contributed by atoms with Crippen molar-refractivity contribution in [3.63, 3.8) is 0 Å². The van der Waals surface area contributed by atoms with Crippen LogP contribution in [0.4, 0.5) is 9.59 Å². The van der Waals surface area contributed by atoms with Crippen molar-refractivity contribution in [2.45, 2.75) is 97.1 Å². The summed E-state index contributed by atoms with van der Waals surface area (Å²) in [5.74, 6) is 1.91. The van der Waals surface area contributed by atoms with Crippen LogP contribution < -0.4 is 5.32 Å². The normalized spacial score (nSPS) is 24.0. The average Bonchev–Trinajstić information content (AvgIpc) is 3.19. The smallest absolute Gasteiger partial charge is 0.410 e. The summed E-state index contributed by atoms with van der Waals surface area (Å²) in [4.78, 5) is 38.9. The van der Waals surface area contributed by atoms with Gasteiger partial charge in [-0.15, -0.1) is 6.42 Å². The minimum atomic E-state index is -0.832. The van der Waals surface area contributed by atoms with Crippen LogP contribution >= 0.6 is 0 Å². The monoisotopic (exact) mass is 512 g/mol. The van der Waals surface area contributed by atoms with Crippen molar-refractivity contribution in [2.24, 2.45) is 11.8 Å². The quantitative estimate of drug-likeness (QED) is 0.349. The molecule has 3 aliphatic carbocycles. The molecular weight excluding hydrogens is 472 g/mol. The maximum Gasteiger partial charge on any atom is 0.410 e. The highest BCUT2D eigenvalue weighted by Gasteiger charge is 2.50. The molecule has 2 unspecified atom stereocenters. The summed E-state index contributed by atoms with van der Waals surface area (Å²) in [5.41, 5.74) is 3.69. The van der Waals surface area contributed by atoms with Crippen molar-refractivity contribution in [1.29, 1.82) is 0 Å². The highest BCUT2D eigenvalue weighted by molar-refractivity contribution is 5.82. The third-order valence-corrected chi connectivity index (χ3v) is 7.12. The predicted octanol–water partition coefficient (Wildman–Crippen LogP) is 5.07. The summed E-state index contributed by atoms with van der Waals surface area (Å²) < 4.78 is 16.0. The first-order valence-electron chi connectivity index (χ1n) is 13.0. The van der Waals surface area contributed by atoms with Gasteiger partial charge in [0, 0.05) is 12.0 Å². The summed E-state index contributed by atoms with van der Waals surface area (Å²) in [5, 5.41) is 2.63. The third kappa shape index (κ3) is 6.57. The second kappa shape index (κ2) is 11.5. The number of amides is 2. The molecule has 2 amide bonds. The Kier molecular flexibility index (Phi) is 8.78. The van der Waals surface area contributed by atoms with Crippen LogP contribution in [0.15, 0.2) is 18.2 Å². The molecule has 0 aromatic carbocycles. The molecule has 0 aromatic heterocycles. The molecule has 1 aliphatic heterocycles. The molecule has 2 fully saturated rings. The van der Waals surface area contributed by atoms with Crippen molar-refractivity contribution < 1.29 is 28.6 Å². The lowest BCUT2D eigenvalue weighted by atomic mass is 9.82. The summed E-state index contributed by atoms with van der Waals surface area (Å²) >= 11 is 0. The minimum Gasteiger partial charge on any atom is -0.460 e. The largest absolute Gasteiger partial charge is 0.460 e. The minimum absolute atomic E-state index is 0.0582. The van der Waals surface area contributed by atoms with Crippen molar-refractivity contribution >= 4 is 18.2 Å². The number of ether oxygens (including phenoxy) is 3. The number of benzene rings is 1. The molecule has 0 spiro atoms. The molecule has 37 heavy (non-hydrogen) atoms. The predicted molar refractivity (Wildman–Crippen MR) is 141 cm³/mol. The van der Waals surface area contributed by atoms with Gasteiger partial charge in [-0.3, -0.25) is 4.90 Å². The van der Waals surface area contributed by atoms with Gasteiger partial charge in [0.05, 0.1) is 13.2 Å². The number of alkyl carbamates (subject to hydrolysis) is 1. The van der Waals surface area contributed by atoms with E-state index in [9.17, 15) is 14.4 Å². The number of likely N-dealkylation sites (tertiary alicyclic amines) is 1. The SMILES string of the molecule is C#CC1C[C@H]2[C@@H](OC(=O)C(NC(=O)OC(C)(C)C)C(C)C)CCC[C@H]2N1C(=O)OC.Cc1cc2ccc1-2. The number of fused-ring (bicyclic) bond motifs is 2. The third-order valence-electron chi connectivity index (χ3n) is 7.12. The van der Waals surface area contributed by atoms with Crippen LogP contribution in [-0.4, -0.2) is 60.0 Å². The molecule has 0 bridgehead atoms. The lowest BCUT2D eigenvalue weighted by Gasteiger charge is -2.37. The topological polar surface area (TPSA) is 94.2 Å². The highest BCUT2D eigenvalue weighted by Crippen LogP contribution is 2.41. The van der Waals surface area contributed by atoms with Crippen LogP contribution in [0.2, 0.25) is 0 Å². The molecule has 4 rings (SSSR count). The molecule has 8 heteroatoms. The van der Waals surface area contributed by atoms with Gasteiger partial charge in [-0.1, -0.05) is 38.0 Å². The van der Waals surface area contributed by atoms with Gasteiger partial charge in [0.25, 0.3) is 0 Å². The van der Waals surface area contributed by atoms with E-state index in [1.54, 1.807) is 25.7 Å². The van der Waals surface area contributed by atoms with Gasteiger partial charge in [0.2, 0.25) is 0 Å². The average molecular weight is 513 g/mol. The summed E-state index contributed by atoms with van der Waals surface area (Å²) in [7, 11) is 1.33. The zero-order chi connectivity index (χ0) is 27.5. The second-order valence-corrected chi connectivity index (χ2v) is 11.3. The molecule has 8 nitrogen and oxygen atoms in total. The number of nitrogens with one attached hydrogen (secondary N) is 1. The Morgan fingerprint density at radius 3 is 2.32 bits per heavy atom. The van der Waals surface area contributed by atoms with Crippen molar-refractivity contribution in [2.75, 3.05) is 7.11 Å². The fourth-order valence-electron chi connectivity index (χ4n) is 5.26. The van der Waals surface area contributed by atoms with E-state index in [2.05, 4.69) is 36.4 Å². The Bertz CT molecular complexity index is 1050. The van der Waals surface area contributed by atoms with E-state index in [1.165, 1.54) is 23.8 Å². The Morgan fingerprint density at radius 1 is 1.19 bits per heavy atom. The van der Waals surface area contributed by atoms with E-state index in [0.29, 0.717) is 12.8 Å². The van der Waals surface area contributed by atoms with Crippen LogP contribution in [0.1, 0.15) is 65.9 Å². The van der Waals surface area contributed by atoms with Crippen LogP contribution in [0.25, 0.3) is 11.1 Å². The lowest BCUT2D eigenvalue weighted by Crippen LogP contribution is -2.50. The first-order chi connectivity index (χ1) is 17.4. The maximum atomic E-state index is 12.9. The van der Waals surface area contributed by atoms with E-state index in [-0.39, 0.29) is 30.0 Å². The molecule has 1 N–H and O–H groups in total. The number of nitrogens with zero attached hydrogens (tertiary/aromatic N) is 1. The number of methoxy groups -OCH3 is 1. The number of terminal acetylenes is 1. The zero-order valence-electron chi connectivity index (χ0n) is 23.0. The summed E-state index contributed by atoms with van der Waals surface area (Å²) in [6.45, 7) is 11.1. The van der Waals surface area contributed by atoms with Crippen LogP contribution in [0, 0.1) is 31.1 Å². The molecule has 0 radical (unpaired) electrons. The Morgan fingerprint density at radius 2 is 1.89 bits per heavy atom. The molecule has 0 aromatic rings. The van der Waals surface area contributed by atoms with Gasteiger partial charge in [0.1, 0.15) is 17.7 Å². The van der Waals surface area contributed by atoms with Crippen molar-refractivity contribution in [3.05, 3.63) is 23.8 Å². The number of esters is 1. The number of hydrogen-bond acceptors (Lipinski definition) is 6. The van der Waals surface area contributed by atoms with Gasteiger partial charge in [-0.2, -0.15) is 0 Å². The molecule has 202 valence electrons. The molecule has 4 aliphatic rings. The number of hydrogen-bond donors (Lipinski definition) is 1. The second-order valence-electron chi connectivity index (χ2n) is 11.3.